The molecule has 3 atom stereocenters. The fraction of sp³-hybridized carbons (Fsp3) is 1.00. The summed E-state index contributed by atoms with van der Waals surface area (Å²) < 4.78 is 0. The highest BCUT2D eigenvalue weighted by Crippen LogP contribution is 2.19. The third-order valence-corrected chi connectivity index (χ3v) is 3.18. The van der Waals surface area contributed by atoms with Crippen molar-refractivity contribution in [2.24, 2.45) is 11.8 Å². The molecule has 0 saturated carbocycles. The maximum atomic E-state index is 2.40. The van der Waals surface area contributed by atoms with Gasteiger partial charge in [-0.1, -0.05) is 27.2 Å². The van der Waals surface area contributed by atoms with Gasteiger partial charge in [-0.25, -0.2) is 0 Å². The highest BCUT2D eigenvalue weighted by Gasteiger charge is 2.05. The van der Waals surface area contributed by atoms with Crippen molar-refractivity contribution >= 4 is 8.58 Å². The second-order valence-electron chi connectivity index (χ2n) is 3.75. The zero-order valence-corrected chi connectivity index (χ0v) is 9.48. The molecular formula is C10H23P. The third-order valence-electron chi connectivity index (χ3n) is 2.39. The minimum Gasteiger partial charge on any atom is -0.125 e. The molecule has 0 rings (SSSR count). The summed E-state index contributed by atoms with van der Waals surface area (Å²) in [5, 5.41) is 0. The summed E-state index contributed by atoms with van der Waals surface area (Å²) in [6, 6.07) is 0. The van der Waals surface area contributed by atoms with Gasteiger partial charge in [-0.2, -0.15) is 0 Å². The summed E-state index contributed by atoms with van der Waals surface area (Å²) in [7, 11) is 1.15. The second-order valence-corrected chi connectivity index (χ2v) is 4.95. The van der Waals surface area contributed by atoms with Crippen LogP contribution in [0.5, 0.6) is 0 Å². The van der Waals surface area contributed by atoms with Crippen molar-refractivity contribution in [1.82, 2.24) is 0 Å². The summed E-state index contributed by atoms with van der Waals surface area (Å²) in [5.74, 6) is 1.89. The van der Waals surface area contributed by atoms with Crippen LogP contribution in [-0.2, 0) is 0 Å². The van der Waals surface area contributed by atoms with Crippen LogP contribution in [0.1, 0.15) is 40.0 Å². The monoisotopic (exact) mass is 174 g/mol. The average Bonchev–Trinajstić information content (AvgIpc) is 2.00. The van der Waals surface area contributed by atoms with E-state index in [0.29, 0.717) is 0 Å². The molecule has 0 amide bonds. The molecule has 0 nitrogen and oxygen atoms in total. The lowest BCUT2D eigenvalue weighted by molar-refractivity contribution is 0.399. The molecule has 0 spiro atoms. The van der Waals surface area contributed by atoms with Gasteiger partial charge in [0.2, 0.25) is 0 Å². The van der Waals surface area contributed by atoms with Gasteiger partial charge in [0.05, 0.1) is 0 Å². The van der Waals surface area contributed by atoms with Gasteiger partial charge in [0, 0.05) is 0 Å². The van der Waals surface area contributed by atoms with Gasteiger partial charge in [0.1, 0.15) is 0 Å². The molecule has 11 heavy (non-hydrogen) atoms. The molecule has 68 valence electrons. The third kappa shape index (κ3) is 6.81. The van der Waals surface area contributed by atoms with Crippen molar-refractivity contribution < 1.29 is 0 Å². The first-order chi connectivity index (χ1) is 5.20. The normalized spacial score (nSPS) is 17.5. The van der Waals surface area contributed by atoms with Crippen molar-refractivity contribution in [3.63, 3.8) is 0 Å². The van der Waals surface area contributed by atoms with Crippen molar-refractivity contribution in [2.75, 3.05) is 12.8 Å². The molecule has 0 saturated heterocycles. The number of hydrogen-bond donors (Lipinski definition) is 0. The van der Waals surface area contributed by atoms with E-state index in [4.69, 9.17) is 0 Å². The van der Waals surface area contributed by atoms with Gasteiger partial charge >= 0.3 is 0 Å². The van der Waals surface area contributed by atoms with Crippen LogP contribution in [0.25, 0.3) is 0 Å². The van der Waals surface area contributed by atoms with Crippen molar-refractivity contribution in [2.45, 2.75) is 40.0 Å². The Morgan fingerprint density at radius 2 is 1.82 bits per heavy atom. The molecule has 1 heteroatoms. The van der Waals surface area contributed by atoms with E-state index in [2.05, 4.69) is 27.4 Å². The summed E-state index contributed by atoms with van der Waals surface area (Å²) in [5.41, 5.74) is 0. The molecule has 0 fully saturated rings. The van der Waals surface area contributed by atoms with Crippen LogP contribution in [0, 0.1) is 11.8 Å². The van der Waals surface area contributed by atoms with Gasteiger partial charge in [-0.15, -0.1) is 8.58 Å². The maximum absolute atomic E-state index is 2.40. The zero-order chi connectivity index (χ0) is 8.69. The quantitative estimate of drug-likeness (QED) is 0.538. The van der Waals surface area contributed by atoms with E-state index in [-0.39, 0.29) is 0 Å². The molecule has 0 aromatic heterocycles. The summed E-state index contributed by atoms with van der Waals surface area (Å²) >= 11 is 0. The van der Waals surface area contributed by atoms with Gasteiger partial charge in [0.15, 0.2) is 0 Å². The van der Waals surface area contributed by atoms with Crippen LogP contribution >= 0.6 is 8.58 Å². The average molecular weight is 174 g/mol. The van der Waals surface area contributed by atoms with E-state index in [0.717, 1.165) is 20.4 Å². The van der Waals surface area contributed by atoms with E-state index < -0.39 is 0 Å². The van der Waals surface area contributed by atoms with E-state index in [1.54, 1.807) is 0 Å². The van der Waals surface area contributed by atoms with E-state index in [1.165, 1.54) is 25.4 Å². The van der Waals surface area contributed by atoms with E-state index in [9.17, 15) is 0 Å². The summed E-state index contributed by atoms with van der Waals surface area (Å²) in [6.07, 6.45) is 5.66. The Bertz CT molecular complexity index is 80.9. The first-order valence-electron chi connectivity index (χ1n) is 4.85. The highest BCUT2D eigenvalue weighted by molar-refractivity contribution is 7.36. The molecule has 0 heterocycles. The lowest BCUT2D eigenvalue weighted by Crippen LogP contribution is -2.02. The Morgan fingerprint density at radius 1 is 1.18 bits per heavy atom. The topological polar surface area (TPSA) is 0 Å². The Labute approximate surface area is 73.9 Å². The van der Waals surface area contributed by atoms with Crippen LogP contribution in [0.3, 0.4) is 0 Å². The number of rotatable bonds is 6. The molecule has 0 N–H and O–H groups in total. The van der Waals surface area contributed by atoms with Crippen LogP contribution in [0.2, 0.25) is 0 Å². The smallest absolute Gasteiger partial charge is 0.0353 e. The standard InChI is InChI=1S/C10H23P/c1-5-9(2)8-10(3)6-7-11-4/h9-11H,5-8H2,1-4H3. The Balaban J connectivity index is 3.27. The SMILES string of the molecule is CCC(C)CC(C)CCPC. The van der Waals surface area contributed by atoms with Crippen molar-refractivity contribution in [3.05, 3.63) is 0 Å². The van der Waals surface area contributed by atoms with Gasteiger partial charge < -0.3 is 0 Å². The van der Waals surface area contributed by atoms with Gasteiger partial charge in [-0.3, -0.25) is 0 Å². The minimum absolute atomic E-state index is 0.935. The molecular weight excluding hydrogens is 151 g/mol. The lowest BCUT2D eigenvalue weighted by Gasteiger charge is -2.14. The predicted molar refractivity (Wildman–Crippen MR) is 57.0 cm³/mol. The molecule has 0 aliphatic heterocycles. The van der Waals surface area contributed by atoms with E-state index >= 15 is 0 Å². The Morgan fingerprint density at radius 3 is 2.27 bits per heavy atom. The fourth-order valence-corrected chi connectivity index (χ4v) is 2.14. The summed E-state index contributed by atoms with van der Waals surface area (Å²) in [4.78, 5) is 0. The van der Waals surface area contributed by atoms with Crippen molar-refractivity contribution in [1.29, 1.82) is 0 Å². The molecule has 0 bridgehead atoms. The zero-order valence-electron chi connectivity index (χ0n) is 8.48. The minimum atomic E-state index is 0.935. The first-order valence-corrected chi connectivity index (χ1v) is 6.56. The predicted octanol–water partition coefficient (Wildman–Crippen LogP) is 3.76. The van der Waals surface area contributed by atoms with Crippen LogP contribution in [0.15, 0.2) is 0 Å². The largest absolute Gasteiger partial charge is 0.125 e. The van der Waals surface area contributed by atoms with E-state index in [1.807, 2.05) is 0 Å². The van der Waals surface area contributed by atoms with Gasteiger partial charge in [0.25, 0.3) is 0 Å². The van der Waals surface area contributed by atoms with Crippen molar-refractivity contribution in [3.8, 4) is 0 Å². The Kier molecular flexibility index (Phi) is 7.38. The summed E-state index contributed by atoms with van der Waals surface area (Å²) in [6.45, 7) is 9.35. The van der Waals surface area contributed by atoms with Crippen LogP contribution in [-0.4, -0.2) is 12.8 Å². The molecule has 0 aromatic rings. The number of hydrogen-bond acceptors (Lipinski definition) is 0. The second kappa shape index (κ2) is 7.10. The van der Waals surface area contributed by atoms with Gasteiger partial charge in [-0.05, 0) is 37.5 Å². The van der Waals surface area contributed by atoms with Crippen LogP contribution < -0.4 is 0 Å². The molecule has 0 radical (unpaired) electrons. The Hall–Kier alpha value is 0.430. The molecule has 0 aromatic carbocycles. The molecule has 3 unspecified atom stereocenters. The molecule has 0 aliphatic carbocycles. The fourth-order valence-electron chi connectivity index (χ4n) is 1.36. The highest BCUT2D eigenvalue weighted by atomic mass is 31.1. The maximum Gasteiger partial charge on any atom is -0.0353 e. The molecule has 0 aliphatic rings. The first kappa shape index (κ1) is 11.4. The lowest BCUT2D eigenvalue weighted by atomic mass is 9.94. The van der Waals surface area contributed by atoms with Crippen LogP contribution in [0.4, 0.5) is 0 Å².